The topological polar surface area (TPSA) is 58.6 Å². The first-order valence-electron chi connectivity index (χ1n) is 6.94. The second-order valence-corrected chi connectivity index (χ2v) is 5.71. The zero-order valence-corrected chi connectivity index (χ0v) is 12.0. The molecule has 0 saturated heterocycles. The average molecular weight is 299 g/mol. The first kappa shape index (κ1) is 15.7. The van der Waals surface area contributed by atoms with E-state index in [0.29, 0.717) is 0 Å². The monoisotopic (exact) mass is 299 g/mol. The number of benzene rings is 1. The molecule has 2 N–H and O–H groups in total. The number of nitrogens with one attached hydrogen (secondary N) is 1. The zero-order chi connectivity index (χ0) is 15.6. The van der Waals surface area contributed by atoms with Crippen molar-refractivity contribution in [1.29, 1.82) is 0 Å². The molecule has 0 amide bonds. The van der Waals surface area contributed by atoms with E-state index in [-0.39, 0.29) is 24.3 Å². The van der Waals surface area contributed by atoms with Gasteiger partial charge in [-0.2, -0.15) is 0 Å². The Balaban J connectivity index is 2.14. The fourth-order valence-corrected chi connectivity index (χ4v) is 2.43. The van der Waals surface area contributed by atoms with Crippen LogP contribution in [-0.2, 0) is 4.79 Å². The first-order chi connectivity index (χ1) is 9.85. The molecule has 1 aromatic rings. The van der Waals surface area contributed by atoms with E-state index in [1.807, 2.05) is 13.8 Å². The van der Waals surface area contributed by atoms with Gasteiger partial charge in [-0.3, -0.25) is 10.1 Å². The van der Waals surface area contributed by atoms with E-state index >= 15 is 0 Å². The quantitative estimate of drug-likeness (QED) is 0.812. The Morgan fingerprint density at radius 3 is 2.57 bits per heavy atom. The van der Waals surface area contributed by atoms with Crippen LogP contribution in [0, 0.1) is 17.6 Å². The Morgan fingerprint density at radius 1 is 1.43 bits per heavy atom. The van der Waals surface area contributed by atoms with Gasteiger partial charge in [0.15, 0.2) is 17.2 Å². The summed E-state index contributed by atoms with van der Waals surface area (Å²) in [4.78, 5) is 11.7. The van der Waals surface area contributed by atoms with Crippen molar-refractivity contribution >= 4 is 5.97 Å². The summed E-state index contributed by atoms with van der Waals surface area (Å²) in [6.45, 7) is 3.59. The number of hydrogen-bond donors (Lipinski definition) is 2. The molecule has 21 heavy (non-hydrogen) atoms. The third kappa shape index (κ3) is 3.50. The molecule has 0 bridgehead atoms. The van der Waals surface area contributed by atoms with Crippen LogP contribution in [0.5, 0.6) is 5.75 Å². The van der Waals surface area contributed by atoms with Gasteiger partial charge in [0.1, 0.15) is 12.4 Å². The second kappa shape index (κ2) is 5.97. The van der Waals surface area contributed by atoms with E-state index < -0.39 is 23.1 Å². The molecular formula is C15H19F2NO3. The summed E-state index contributed by atoms with van der Waals surface area (Å²) in [7, 11) is 0. The maximum atomic E-state index is 13.2. The summed E-state index contributed by atoms with van der Waals surface area (Å²) in [6, 6.07) is 3.13. The van der Waals surface area contributed by atoms with Crippen molar-refractivity contribution in [2.75, 3.05) is 6.61 Å². The lowest BCUT2D eigenvalue weighted by molar-refractivity contribution is -0.148. The maximum Gasteiger partial charge on any atom is 0.327 e. The van der Waals surface area contributed by atoms with Gasteiger partial charge in [0.2, 0.25) is 0 Å². The molecule has 116 valence electrons. The molecule has 1 aromatic carbocycles. The van der Waals surface area contributed by atoms with Gasteiger partial charge in [-0.1, -0.05) is 0 Å². The predicted molar refractivity (Wildman–Crippen MR) is 73.2 cm³/mol. The number of rotatable bonds is 7. The molecular weight excluding hydrogens is 280 g/mol. The number of hydrogen-bond acceptors (Lipinski definition) is 3. The van der Waals surface area contributed by atoms with Gasteiger partial charge in [-0.05, 0) is 44.7 Å². The molecule has 0 radical (unpaired) electrons. The SMILES string of the molecule is CC(C)NC(COc1ccc(F)c(F)c1)(C(=O)O)C1CC1. The van der Waals surface area contributed by atoms with Gasteiger partial charge >= 0.3 is 5.97 Å². The van der Waals surface area contributed by atoms with Crippen LogP contribution < -0.4 is 10.1 Å². The van der Waals surface area contributed by atoms with E-state index in [2.05, 4.69) is 5.32 Å². The number of ether oxygens (including phenoxy) is 1. The van der Waals surface area contributed by atoms with Gasteiger partial charge in [-0.15, -0.1) is 0 Å². The second-order valence-electron chi connectivity index (χ2n) is 5.71. The molecule has 6 heteroatoms. The Bertz CT molecular complexity index is 532. The minimum Gasteiger partial charge on any atom is -0.491 e. The van der Waals surface area contributed by atoms with E-state index in [4.69, 9.17) is 4.74 Å². The van der Waals surface area contributed by atoms with Crippen molar-refractivity contribution in [2.45, 2.75) is 38.3 Å². The largest absolute Gasteiger partial charge is 0.491 e. The molecule has 0 heterocycles. The number of aliphatic carboxylic acids is 1. The lowest BCUT2D eigenvalue weighted by atomic mass is 9.93. The molecule has 0 spiro atoms. The summed E-state index contributed by atoms with van der Waals surface area (Å²) < 4.78 is 31.4. The number of carboxylic acid groups (broad SMARTS) is 1. The van der Waals surface area contributed by atoms with Crippen molar-refractivity contribution < 1.29 is 23.4 Å². The maximum absolute atomic E-state index is 13.2. The lowest BCUT2D eigenvalue weighted by Crippen LogP contribution is -2.60. The minimum atomic E-state index is -1.20. The van der Waals surface area contributed by atoms with Crippen LogP contribution in [0.1, 0.15) is 26.7 Å². The van der Waals surface area contributed by atoms with E-state index in [0.717, 1.165) is 25.0 Å². The molecule has 4 nitrogen and oxygen atoms in total. The molecule has 1 aliphatic carbocycles. The molecule has 1 atom stereocenters. The van der Waals surface area contributed by atoms with Crippen molar-refractivity contribution in [2.24, 2.45) is 5.92 Å². The van der Waals surface area contributed by atoms with Crippen LogP contribution in [0.3, 0.4) is 0 Å². The Morgan fingerprint density at radius 2 is 2.10 bits per heavy atom. The highest BCUT2D eigenvalue weighted by molar-refractivity contribution is 5.80. The number of carboxylic acids is 1. The molecule has 0 aromatic heterocycles. The normalized spacial score (nSPS) is 17.6. The van der Waals surface area contributed by atoms with Crippen LogP contribution in [0.2, 0.25) is 0 Å². The highest BCUT2D eigenvalue weighted by Gasteiger charge is 2.52. The fourth-order valence-electron chi connectivity index (χ4n) is 2.43. The smallest absolute Gasteiger partial charge is 0.327 e. The van der Waals surface area contributed by atoms with E-state index in [1.165, 1.54) is 6.07 Å². The molecule has 1 saturated carbocycles. The van der Waals surface area contributed by atoms with E-state index in [9.17, 15) is 18.7 Å². The van der Waals surface area contributed by atoms with Crippen molar-refractivity contribution in [3.05, 3.63) is 29.8 Å². The van der Waals surface area contributed by atoms with Crippen LogP contribution in [-0.4, -0.2) is 29.3 Å². The third-order valence-electron chi connectivity index (χ3n) is 3.56. The lowest BCUT2D eigenvalue weighted by Gasteiger charge is -2.32. The van der Waals surface area contributed by atoms with Crippen LogP contribution >= 0.6 is 0 Å². The summed E-state index contributed by atoms with van der Waals surface area (Å²) in [5, 5.41) is 12.6. The van der Waals surface area contributed by atoms with Crippen LogP contribution in [0.4, 0.5) is 8.78 Å². The molecule has 1 unspecified atom stereocenters. The van der Waals surface area contributed by atoms with Crippen LogP contribution in [0.25, 0.3) is 0 Å². The molecule has 0 aliphatic heterocycles. The van der Waals surface area contributed by atoms with Gasteiger partial charge in [0.25, 0.3) is 0 Å². The summed E-state index contributed by atoms with van der Waals surface area (Å²) in [5.74, 6) is -2.86. The van der Waals surface area contributed by atoms with Crippen molar-refractivity contribution in [3.63, 3.8) is 0 Å². The third-order valence-corrected chi connectivity index (χ3v) is 3.56. The fraction of sp³-hybridized carbons (Fsp3) is 0.533. The Labute approximate surface area is 122 Å². The molecule has 1 aliphatic rings. The van der Waals surface area contributed by atoms with E-state index in [1.54, 1.807) is 0 Å². The summed E-state index contributed by atoms with van der Waals surface area (Å²) >= 11 is 0. The average Bonchev–Trinajstić information content (AvgIpc) is 3.22. The van der Waals surface area contributed by atoms with Gasteiger partial charge < -0.3 is 9.84 Å². The van der Waals surface area contributed by atoms with Crippen LogP contribution in [0.15, 0.2) is 18.2 Å². The first-order valence-corrected chi connectivity index (χ1v) is 6.94. The minimum absolute atomic E-state index is 0.0114. The highest BCUT2D eigenvalue weighted by atomic mass is 19.2. The van der Waals surface area contributed by atoms with Crippen molar-refractivity contribution in [3.8, 4) is 5.75 Å². The zero-order valence-electron chi connectivity index (χ0n) is 12.0. The summed E-state index contributed by atoms with van der Waals surface area (Å²) in [5.41, 5.74) is -1.20. The van der Waals surface area contributed by atoms with Crippen molar-refractivity contribution in [1.82, 2.24) is 5.32 Å². The molecule has 1 fully saturated rings. The Kier molecular flexibility index (Phi) is 4.46. The number of carbonyl (C=O) groups is 1. The van der Waals surface area contributed by atoms with Gasteiger partial charge in [0, 0.05) is 12.1 Å². The predicted octanol–water partition coefficient (Wildman–Crippen LogP) is 2.58. The van der Waals surface area contributed by atoms with Gasteiger partial charge in [0.05, 0.1) is 0 Å². The van der Waals surface area contributed by atoms with Gasteiger partial charge in [-0.25, -0.2) is 8.78 Å². The standard InChI is InChI=1S/C15H19F2NO3/c1-9(2)18-15(14(19)20,10-3-4-10)8-21-11-5-6-12(16)13(17)7-11/h5-7,9-10,18H,3-4,8H2,1-2H3,(H,19,20). The Hall–Kier alpha value is -1.69. The number of halogens is 2. The molecule has 2 rings (SSSR count). The summed E-state index contributed by atoms with van der Waals surface area (Å²) in [6.07, 6.45) is 1.63. The highest BCUT2D eigenvalue weighted by Crippen LogP contribution is 2.40.